The molecule has 0 amide bonds. The number of ether oxygens (including phenoxy) is 1. The third-order valence-corrected chi connectivity index (χ3v) is 7.09. The number of fused-ring (bicyclic) bond motifs is 1. The van der Waals surface area contributed by atoms with Crippen LogP contribution >= 0.6 is 23.5 Å². The van der Waals surface area contributed by atoms with Gasteiger partial charge in [0.1, 0.15) is 5.75 Å². The van der Waals surface area contributed by atoms with Gasteiger partial charge in [-0.1, -0.05) is 59.4 Å². The van der Waals surface area contributed by atoms with Gasteiger partial charge in [0.05, 0.1) is 17.5 Å². The van der Waals surface area contributed by atoms with Crippen molar-refractivity contribution in [3.63, 3.8) is 0 Å². The second kappa shape index (κ2) is 8.39. The van der Waals surface area contributed by atoms with E-state index < -0.39 is 0 Å². The highest BCUT2D eigenvalue weighted by Gasteiger charge is 2.17. The van der Waals surface area contributed by atoms with E-state index in [1.54, 1.807) is 23.4 Å². The second-order valence-electron chi connectivity index (χ2n) is 6.73. The summed E-state index contributed by atoms with van der Waals surface area (Å²) in [6.45, 7) is 2.06. The molecule has 0 atom stereocenters. The molecule has 0 saturated carbocycles. The molecule has 3 aromatic carbocycles. The van der Waals surface area contributed by atoms with Gasteiger partial charge >= 0.3 is 0 Å². The molecule has 0 spiro atoms. The molecule has 0 aliphatic heterocycles. The predicted octanol–water partition coefficient (Wildman–Crippen LogP) is 6.16. The summed E-state index contributed by atoms with van der Waals surface area (Å²) in [5.41, 5.74) is 2.15. The van der Waals surface area contributed by atoms with Crippen molar-refractivity contribution in [1.29, 1.82) is 0 Å². The fourth-order valence-electron chi connectivity index (χ4n) is 3.12. The van der Waals surface area contributed by atoms with E-state index in [0.717, 1.165) is 36.2 Å². The van der Waals surface area contributed by atoms with Crippen molar-refractivity contribution >= 4 is 34.4 Å². The van der Waals surface area contributed by atoms with E-state index in [4.69, 9.17) is 4.74 Å². The Bertz CT molecular complexity index is 1210. The minimum atomic E-state index is 0.0188. The van der Waals surface area contributed by atoms with E-state index in [0.29, 0.717) is 0 Å². The molecule has 0 radical (unpaired) electrons. The number of para-hydroxylation sites is 1. The maximum absolute atomic E-state index is 13.3. The van der Waals surface area contributed by atoms with Crippen LogP contribution in [0.1, 0.15) is 5.56 Å². The van der Waals surface area contributed by atoms with Crippen LogP contribution in [0.4, 0.5) is 0 Å². The van der Waals surface area contributed by atoms with Crippen molar-refractivity contribution in [3.8, 4) is 5.75 Å². The van der Waals surface area contributed by atoms with Gasteiger partial charge in [0.25, 0.3) is 5.56 Å². The fourth-order valence-corrected chi connectivity index (χ4v) is 5.27. The van der Waals surface area contributed by atoms with Crippen molar-refractivity contribution < 1.29 is 4.74 Å². The monoisotopic (exact) mass is 419 g/mol. The third kappa shape index (κ3) is 4.07. The normalized spacial score (nSPS) is 11.0. The molecule has 0 saturated heterocycles. The Balaban J connectivity index is 1.87. The Labute approximate surface area is 178 Å². The quantitative estimate of drug-likeness (QED) is 0.388. The van der Waals surface area contributed by atoms with Crippen LogP contribution < -0.4 is 10.3 Å². The molecule has 4 aromatic rings. The minimum absolute atomic E-state index is 0.0188. The Morgan fingerprint density at radius 2 is 1.38 bits per heavy atom. The molecule has 1 heterocycles. The number of hydrogen-bond acceptors (Lipinski definition) is 4. The van der Waals surface area contributed by atoms with Gasteiger partial charge in [-0.05, 0) is 49.4 Å². The van der Waals surface area contributed by atoms with Gasteiger partial charge in [0.2, 0.25) is 0 Å². The van der Waals surface area contributed by atoms with Crippen molar-refractivity contribution in [2.45, 2.75) is 26.5 Å². The first-order chi connectivity index (χ1) is 14.1. The highest BCUT2D eigenvalue weighted by Crippen LogP contribution is 2.41. The first-order valence-corrected chi connectivity index (χ1v) is 10.9. The number of nitrogens with zero attached hydrogens (tertiary/aromatic N) is 1. The van der Waals surface area contributed by atoms with Crippen LogP contribution in [0.3, 0.4) is 0 Å². The molecule has 4 rings (SSSR count). The van der Waals surface area contributed by atoms with Crippen LogP contribution in [-0.2, 0) is 7.05 Å². The lowest BCUT2D eigenvalue weighted by Crippen LogP contribution is -2.19. The summed E-state index contributed by atoms with van der Waals surface area (Å²) in [5.74, 6) is 0.817. The Hall–Kier alpha value is -2.63. The predicted molar refractivity (Wildman–Crippen MR) is 122 cm³/mol. The van der Waals surface area contributed by atoms with Crippen molar-refractivity contribution in [3.05, 3.63) is 88.7 Å². The zero-order valence-electron chi connectivity index (χ0n) is 16.5. The summed E-state index contributed by atoms with van der Waals surface area (Å²) in [4.78, 5) is 17.1. The Morgan fingerprint density at radius 3 is 2.03 bits per heavy atom. The summed E-state index contributed by atoms with van der Waals surface area (Å²) in [6, 6.07) is 24.3. The molecular weight excluding hydrogens is 398 g/mol. The van der Waals surface area contributed by atoms with Gasteiger partial charge in [-0.2, -0.15) is 0 Å². The van der Waals surface area contributed by atoms with Gasteiger partial charge in [0.15, 0.2) is 0 Å². The standard InChI is InChI=1S/C24H21NO2S2/c1-16-8-12-18(13-9-16)29-23-22(28-19-14-10-17(27-3)11-15-19)20-6-4-5-7-21(20)25(2)24(23)26/h4-15H,1-3H3. The number of aryl methyl sites for hydroxylation is 2. The summed E-state index contributed by atoms with van der Waals surface area (Å²) in [7, 11) is 3.50. The smallest absolute Gasteiger partial charge is 0.265 e. The fraction of sp³-hybridized carbons (Fsp3) is 0.125. The van der Waals surface area contributed by atoms with Gasteiger partial charge in [0, 0.05) is 27.1 Å². The van der Waals surface area contributed by atoms with Crippen molar-refractivity contribution in [2.75, 3.05) is 7.11 Å². The first kappa shape index (κ1) is 19.7. The number of hydrogen-bond donors (Lipinski definition) is 0. The van der Waals surface area contributed by atoms with Crippen molar-refractivity contribution in [1.82, 2.24) is 4.57 Å². The van der Waals surface area contributed by atoms with E-state index in [1.165, 1.54) is 17.3 Å². The zero-order chi connectivity index (χ0) is 20.4. The number of pyridine rings is 1. The van der Waals surface area contributed by atoms with Gasteiger partial charge in [-0.25, -0.2) is 0 Å². The minimum Gasteiger partial charge on any atom is -0.497 e. The van der Waals surface area contributed by atoms with Gasteiger partial charge in [-0.3, -0.25) is 4.79 Å². The SMILES string of the molecule is COc1ccc(Sc2c(Sc3ccc(C)cc3)c(=O)n(C)c3ccccc23)cc1. The largest absolute Gasteiger partial charge is 0.497 e. The molecule has 0 aliphatic rings. The number of methoxy groups -OCH3 is 1. The molecule has 0 N–H and O–H groups in total. The third-order valence-electron chi connectivity index (χ3n) is 4.74. The molecule has 3 nitrogen and oxygen atoms in total. The topological polar surface area (TPSA) is 31.2 Å². The molecule has 0 fully saturated rings. The molecule has 0 aliphatic carbocycles. The van der Waals surface area contributed by atoms with Crippen LogP contribution in [0.15, 0.2) is 97.2 Å². The van der Waals surface area contributed by atoms with Crippen LogP contribution in [-0.4, -0.2) is 11.7 Å². The molecule has 0 bridgehead atoms. The number of rotatable bonds is 5. The van der Waals surface area contributed by atoms with E-state index >= 15 is 0 Å². The first-order valence-electron chi connectivity index (χ1n) is 9.25. The van der Waals surface area contributed by atoms with Crippen molar-refractivity contribution in [2.24, 2.45) is 7.05 Å². The summed E-state index contributed by atoms with van der Waals surface area (Å²) >= 11 is 3.15. The lowest BCUT2D eigenvalue weighted by Gasteiger charge is -2.15. The maximum Gasteiger partial charge on any atom is 0.265 e. The summed E-state index contributed by atoms with van der Waals surface area (Å²) < 4.78 is 7.01. The Kier molecular flexibility index (Phi) is 5.69. The van der Waals surface area contributed by atoms with Crippen LogP contribution in [0.2, 0.25) is 0 Å². The van der Waals surface area contributed by atoms with Gasteiger partial charge in [-0.15, -0.1) is 0 Å². The lowest BCUT2D eigenvalue weighted by molar-refractivity contribution is 0.414. The highest BCUT2D eigenvalue weighted by atomic mass is 32.2. The lowest BCUT2D eigenvalue weighted by atomic mass is 10.2. The van der Waals surface area contributed by atoms with E-state index in [-0.39, 0.29) is 5.56 Å². The summed E-state index contributed by atoms with van der Waals surface area (Å²) in [6.07, 6.45) is 0. The summed E-state index contributed by atoms with van der Waals surface area (Å²) in [5, 5.41) is 1.07. The van der Waals surface area contributed by atoms with Crippen LogP contribution in [0, 0.1) is 6.92 Å². The number of benzene rings is 3. The molecular formula is C24H21NO2S2. The van der Waals surface area contributed by atoms with Crippen LogP contribution in [0.25, 0.3) is 10.9 Å². The number of aromatic nitrogens is 1. The second-order valence-corrected chi connectivity index (χ2v) is 8.90. The highest BCUT2D eigenvalue weighted by molar-refractivity contribution is 8.02. The Morgan fingerprint density at radius 1 is 0.793 bits per heavy atom. The van der Waals surface area contributed by atoms with E-state index in [2.05, 4.69) is 37.3 Å². The molecule has 146 valence electrons. The average molecular weight is 420 g/mol. The average Bonchev–Trinajstić information content (AvgIpc) is 2.76. The molecule has 5 heteroatoms. The van der Waals surface area contributed by atoms with E-state index in [9.17, 15) is 4.79 Å². The van der Waals surface area contributed by atoms with Crippen LogP contribution in [0.5, 0.6) is 5.75 Å². The molecule has 0 unspecified atom stereocenters. The van der Waals surface area contributed by atoms with E-state index in [1.807, 2.05) is 49.5 Å². The molecule has 1 aromatic heterocycles. The zero-order valence-corrected chi connectivity index (χ0v) is 18.1. The van der Waals surface area contributed by atoms with Gasteiger partial charge < -0.3 is 9.30 Å². The molecule has 29 heavy (non-hydrogen) atoms. The maximum atomic E-state index is 13.3.